The molecule has 0 atom stereocenters. The maximum absolute atomic E-state index is 14.4. The third kappa shape index (κ3) is 4.48. The highest BCUT2D eigenvalue weighted by Gasteiger charge is 2.26. The Morgan fingerprint density at radius 3 is 2.58 bits per heavy atom. The number of nitrogens with zero attached hydrogens (tertiary/aromatic N) is 3. The third-order valence-electron chi connectivity index (χ3n) is 6.00. The number of carbonyl (C=O) groups excluding carboxylic acids is 1. The van der Waals surface area contributed by atoms with E-state index in [2.05, 4.69) is 10.6 Å². The summed E-state index contributed by atoms with van der Waals surface area (Å²) in [6, 6.07) is 12.1. The lowest BCUT2D eigenvalue weighted by Gasteiger charge is -2.29. The lowest BCUT2D eigenvalue weighted by atomic mass is 9.95. The van der Waals surface area contributed by atoms with Gasteiger partial charge in [-0.1, -0.05) is 51.3 Å². The molecule has 0 unspecified atom stereocenters. The molecule has 1 fully saturated rings. The summed E-state index contributed by atoms with van der Waals surface area (Å²) in [6.07, 6.45) is 5.78. The Labute approximate surface area is 181 Å². The summed E-state index contributed by atoms with van der Waals surface area (Å²) in [5.74, 6) is -1.63. The number of para-hydroxylation sites is 2. The van der Waals surface area contributed by atoms with E-state index in [0.29, 0.717) is 12.6 Å². The van der Waals surface area contributed by atoms with Gasteiger partial charge in [-0.15, -0.1) is 0 Å². The van der Waals surface area contributed by atoms with Crippen LogP contribution in [0.15, 0.2) is 42.5 Å². The van der Waals surface area contributed by atoms with Crippen LogP contribution < -0.4 is 0 Å². The molecule has 1 aliphatic rings. The van der Waals surface area contributed by atoms with E-state index in [1.54, 1.807) is 4.90 Å². The predicted molar refractivity (Wildman–Crippen MR) is 118 cm³/mol. The third-order valence-corrected chi connectivity index (χ3v) is 6.00. The zero-order chi connectivity index (χ0) is 22.0. The summed E-state index contributed by atoms with van der Waals surface area (Å²) >= 11 is 0. The predicted octanol–water partition coefficient (Wildman–Crippen LogP) is 6.12. The van der Waals surface area contributed by atoms with Gasteiger partial charge in [0.25, 0.3) is 5.91 Å². The van der Waals surface area contributed by atoms with Crippen LogP contribution >= 0.6 is 0 Å². The van der Waals surface area contributed by atoms with Crippen LogP contribution in [0.1, 0.15) is 68.2 Å². The average Bonchev–Trinajstić information content (AvgIpc) is 3.13. The molecule has 1 amide bonds. The van der Waals surface area contributed by atoms with Crippen molar-refractivity contribution in [2.24, 2.45) is 5.92 Å². The Morgan fingerprint density at radius 2 is 1.84 bits per heavy atom. The van der Waals surface area contributed by atoms with Crippen molar-refractivity contribution in [1.82, 2.24) is 14.5 Å². The fraction of sp³-hybridized carbons (Fsp3) is 0.440. The van der Waals surface area contributed by atoms with E-state index in [-0.39, 0.29) is 18.0 Å². The first-order chi connectivity index (χ1) is 15.0. The van der Waals surface area contributed by atoms with E-state index in [0.717, 1.165) is 35.8 Å². The van der Waals surface area contributed by atoms with Crippen LogP contribution in [0, 0.1) is 17.6 Å². The minimum absolute atomic E-state index is 0.174. The van der Waals surface area contributed by atoms with Crippen molar-refractivity contribution < 1.29 is 13.6 Å². The summed E-state index contributed by atoms with van der Waals surface area (Å²) in [5.41, 5.74) is 1.73. The minimum atomic E-state index is -1.10. The Balaban J connectivity index is 1.73. The lowest BCUT2D eigenvalue weighted by molar-refractivity contribution is 0.0708. The molecule has 6 heteroatoms. The van der Waals surface area contributed by atoms with Gasteiger partial charge >= 0.3 is 0 Å². The van der Waals surface area contributed by atoms with Gasteiger partial charge in [-0.2, -0.15) is 0 Å². The summed E-state index contributed by atoms with van der Waals surface area (Å²) in [4.78, 5) is 19.7. The summed E-state index contributed by atoms with van der Waals surface area (Å²) in [6.45, 7) is 4.71. The number of carbonyl (C=O) groups is 1. The summed E-state index contributed by atoms with van der Waals surface area (Å²) in [7, 11) is 0. The van der Waals surface area contributed by atoms with Crippen LogP contribution in [-0.2, 0) is 6.54 Å². The van der Waals surface area contributed by atoms with Crippen LogP contribution in [0.3, 0.4) is 0 Å². The molecule has 0 N–H and O–H groups in total. The second-order valence-corrected chi connectivity index (χ2v) is 8.86. The Kier molecular flexibility index (Phi) is 6.35. The molecule has 4 nitrogen and oxygen atoms in total. The molecule has 0 saturated heterocycles. The Bertz CT molecular complexity index is 1070. The molecule has 1 aliphatic carbocycles. The number of benzene rings is 2. The van der Waals surface area contributed by atoms with E-state index in [1.807, 2.05) is 32.0 Å². The number of halogens is 2. The van der Waals surface area contributed by atoms with Crippen molar-refractivity contribution >= 4 is 16.9 Å². The zero-order valence-corrected chi connectivity index (χ0v) is 18.2. The Hall–Kier alpha value is -2.76. The van der Waals surface area contributed by atoms with Crippen molar-refractivity contribution in [3.63, 3.8) is 0 Å². The first-order valence-corrected chi connectivity index (χ1v) is 11.1. The van der Waals surface area contributed by atoms with Crippen LogP contribution in [0.2, 0.25) is 0 Å². The smallest absolute Gasteiger partial charge is 0.257 e. The van der Waals surface area contributed by atoms with Gasteiger partial charge in [-0.05, 0) is 43.0 Å². The second kappa shape index (κ2) is 9.16. The lowest BCUT2D eigenvalue weighted by Crippen LogP contribution is -2.35. The summed E-state index contributed by atoms with van der Waals surface area (Å²) < 4.78 is 30.4. The van der Waals surface area contributed by atoms with Crippen LogP contribution in [0.5, 0.6) is 0 Å². The normalized spacial score (nSPS) is 15.0. The molecule has 0 aliphatic heterocycles. The van der Waals surface area contributed by atoms with Gasteiger partial charge in [0.15, 0.2) is 11.6 Å². The molecule has 0 bridgehead atoms. The number of amides is 1. The highest BCUT2D eigenvalue weighted by molar-refractivity contribution is 5.94. The van der Waals surface area contributed by atoms with E-state index in [1.165, 1.54) is 31.4 Å². The maximum Gasteiger partial charge on any atom is 0.257 e. The van der Waals surface area contributed by atoms with Gasteiger partial charge in [0.05, 0.1) is 23.1 Å². The topological polar surface area (TPSA) is 38.1 Å². The van der Waals surface area contributed by atoms with Gasteiger partial charge in [0.2, 0.25) is 0 Å². The van der Waals surface area contributed by atoms with E-state index in [9.17, 15) is 13.6 Å². The summed E-state index contributed by atoms with van der Waals surface area (Å²) in [5, 5.41) is 0. The standard InChI is InChI=1S/C25H29F2N3O/c1-17(2)15-29(25(31)19-11-8-12-20(26)24(19)27)16-23-28-21-13-6-7-14-22(21)30(23)18-9-4-3-5-10-18/h6-8,11-14,17-18H,3-5,9-10,15-16H2,1-2H3. The first kappa shape index (κ1) is 21.5. The number of hydrogen-bond acceptors (Lipinski definition) is 2. The quantitative estimate of drug-likeness (QED) is 0.477. The SMILES string of the molecule is CC(C)CN(Cc1nc2ccccc2n1C1CCCCC1)C(=O)c1cccc(F)c1F. The molecular weight excluding hydrogens is 396 g/mol. The molecule has 1 heterocycles. The molecule has 0 spiro atoms. The number of rotatable bonds is 6. The number of fused-ring (bicyclic) bond motifs is 1. The largest absolute Gasteiger partial charge is 0.331 e. The van der Waals surface area contributed by atoms with Gasteiger partial charge in [0.1, 0.15) is 5.82 Å². The molecular formula is C25H29F2N3O. The average molecular weight is 426 g/mol. The minimum Gasteiger partial charge on any atom is -0.331 e. The fourth-order valence-electron chi connectivity index (χ4n) is 4.62. The Morgan fingerprint density at radius 1 is 1.10 bits per heavy atom. The van der Waals surface area contributed by atoms with E-state index < -0.39 is 17.5 Å². The fourth-order valence-corrected chi connectivity index (χ4v) is 4.62. The zero-order valence-electron chi connectivity index (χ0n) is 18.2. The number of imidazole rings is 1. The monoisotopic (exact) mass is 425 g/mol. The molecule has 0 radical (unpaired) electrons. The van der Waals surface area contributed by atoms with Crippen molar-refractivity contribution in [1.29, 1.82) is 0 Å². The highest BCUT2D eigenvalue weighted by Crippen LogP contribution is 2.33. The van der Waals surface area contributed by atoms with Crippen LogP contribution in [-0.4, -0.2) is 26.9 Å². The molecule has 2 aromatic carbocycles. The number of aromatic nitrogens is 2. The molecule has 164 valence electrons. The number of hydrogen-bond donors (Lipinski definition) is 0. The van der Waals surface area contributed by atoms with Gasteiger partial charge in [-0.25, -0.2) is 13.8 Å². The maximum atomic E-state index is 14.4. The van der Waals surface area contributed by atoms with Crippen molar-refractivity contribution in [3.05, 3.63) is 65.5 Å². The molecule has 3 aromatic rings. The van der Waals surface area contributed by atoms with E-state index >= 15 is 0 Å². The van der Waals surface area contributed by atoms with Gasteiger partial charge in [-0.3, -0.25) is 4.79 Å². The highest BCUT2D eigenvalue weighted by atomic mass is 19.2. The van der Waals surface area contributed by atoms with Crippen molar-refractivity contribution in [3.8, 4) is 0 Å². The molecule has 31 heavy (non-hydrogen) atoms. The van der Waals surface area contributed by atoms with Crippen LogP contribution in [0.25, 0.3) is 11.0 Å². The molecule has 1 saturated carbocycles. The van der Waals surface area contributed by atoms with Gasteiger partial charge in [0, 0.05) is 12.6 Å². The van der Waals surface area contributed by atoms with Crippen molar-refractivity contribution in [2.45, 2.75) is 58.5 Å². The second-order valence-electron chi connectivity index (χ2n) is 8.86. The van der Waals surface area contributed by atoms with Crippen LogP contribution in [0.4, 0.5) is 8.78 Å². The first-order valence-electron chi connectivity index (χ1n) is 11.1. The molecule has 1 aromatic heterocycles. The van der Waals surface area contributed by atoms with E-state index in [4.69, 9.17) is 4.98 Å². The van der Waals surface area contributed by atoms with Crippen molar-refractivity contribution in [2.75, 3.05) is 6.54 Å². The van der Waals surface area contributed by atoms with Gasteiger partial charge < -0.3 is 9.47 Å². The molecule has 4 rings (SSSR count).